The van der Waals surface area contributed by atoms with Crippen molar-refractivity contribution in [1.82, 2.24) is 15.1 Å². The molecule has 1 unspecified atom stereocenters. The standard InChI is InChI=1S/C14H23N3O4/c1-9-6-17(8-11(9)13(19)20)14(21)16-5-3-4-10(7-16)12(18)15-2/h9-11H,3-8H2,1-2H3,(H,15,18)(H,19,20)/t9-,10?,11-/m1/s1. The second kappa shape index (κ2) is 6.32. The van der Waals surface area contributed by atoms with Gasteiger partial charge in [-0.1, -0.05) is 6.92 Å². The Bertz CT molecular complexity index is 440. The van der Waals surface area contributed by atoms with E-state index in [1.54, 1.807) is 16.8 Å². The van der Waals surface area contributed by atoms with Crippen molar-refractivity contribution in [3.63, 3.8) is 0 Å². The third kappa shape index (κ3) is 3.28. The van der Waals surface area contributed by atoms with Gasteiger partial charge in [-0.25, -0.2) is 4.79 Å². The lowest BCUT2D eigenvalue weighted by Gasteiger charge is -2.34. The van der Waals surface area contributed by atoms with Gasteiger partial charge in [0.05, 0.1) is 11.8 Å². The predicted octanol–water partition coefficient (Wildman–Crippen LogP) is 0.217. The SMILES string of the molecule is CNC(=O)C1CCCN(C(=O)N2C[C@@H](C)[C@H](C(=O)O)C2)C1. The number of hydrogen-bond donors (Lipinski definition) is 2. The number of carboxylic acid groups (broad SMARTS) is 1. The summed E-state index contributed by atoms with van der Waals surface area (Å²) in [5.41, 5.74) is 0. The maximum absolute atomic E-state index is 12.5. The summed E-state index contributed by atoms with van der Waals surface area (Å²) in [4.78, 5) is 38.6. The number of hydrogen-bond acceptors (Lipinski definition) is 3. The lowest BCUT2D eigenvalue weighted by Crippen LogP contribution is -2.49. The smallest absolute Gasteiger partial charge is 0.320 e. The molecule has 0 spiro atoms. The highest BCUT2D eigenvalue weighted by Crippen LogP contribution is 2.26. The number of amides is 3. The summed E-state index contributed by atoms with van der Waals surface area (Å²) in [6, 6.07) is -0.140. The maximum Gasteiger partial charge on any atom is 0.320 e. The quantitative estimate of drug-likeness (QED) is 0.763. The Morgan fingerprint density at radius 3 is 2.43 bits per heavy atom. The number of carbonyl (C=O) groups excluding carboxylic acids is 2. The largest absolute Gasteiger partial charge is 0.481 e. The molecule has 2 saturated heterocycles. The highest BCUT2D eigenvalue weighted by Gasteiger charge is 2.39. The van der Waals surface area contributed by atoms with Gasteiger partial charge in [0.2, 0.25) is 5.91 Å². The fourth-order valence-electron chi connectivity index (χ4n) is 3.21. The van der Waals surface area contributed by atoms with E-state index in [-0.39, 0.29) is 30.3 Å². The number of nitrogens with zero attached hydrogens (tertiary/aromatic N) is 2. The van der Waals surface area contributed by atoms with Crippen molar-refractivity contribution in [2.45, 2.75) is 19.8 Å². The monoisotopic (exact) mass is 297 g/mol. The number of carboxylic acids is 1. The Kier molecular flexibility index (Phi) is 4.69. The van der Waals surface area contributed by atoms with Crippen LogP contribution in [0.4, 0.5) is 4.79 Å². The van der Waals surface area contributed by atoms with Crippen molar-refractivity contribution in [3.05, 3.63) is 0 Å². The van der Waals surface area contributed by atoms with Crippen LogP contribution in [-0.4, -0.2) is 66.0 Å². The van der Waals surface area contributed by atoms with E-state index in [1.807, 2.05) is 6.92 Å². The molecule has 0 radical (unpaired) electrons. The van der Waals surface area contributed by atoms with Gasteiger partial charge in [0.15, 0.2) is 0 Å². The van der Waals surface area contributed by atoms with Gasteiger partial charge in [-0.15, -0.1) is 0 Å². The third-order valence-electron chi connectivity index (χ3n) is 4.51. The van der Waals surface area contributed by atoms with E-state index in [2.05, 4.69) is 5.32 Å². The van der Waals surface area contributed by atoms with Crippen molar-refractivity contribution in [1.29, 1.82) is 0 Å². The number of rotatable bonds is 2. The lowest BCUT2D eigenvalue weighted by molar-refractivity contribution is -0.142. The molecule has 2 rings (SSSR count). The van der Waals surface area contributed by atoms with E-state index in [1.165, 1.54) is 0 Å². The molecule has 2 aliphatic heterocycles. The first-order valence-electron chi connectivity index (χ1n) is 7.42. The summed E-state index contributed by atoms with van der Waals surface area (Å²) in [7, 11) is 1.60. The molecule has 0 aromatic rings. The molecule has 3 amide bonds. The minimum atomic E-state index is -0.848. The van der Waals surface area contributed by atoms with Gasteiger partial charge in [0.1, 0.15) is 0 Å². The summed E-state index contributed by atoms with van der Waals surface area (Å²) < 4.78 is 0. The minimum Gasteiger partial charge on any atom is -0.481 e. The van der Waals surface area contributed by atoms with Crippen molar-refractivity contribution in [2.75, 3.05) is 33.2 Å². The molecule has 7 heteroatoms. The molecular weight excluding hydrogens is 274 g/mol. The molecular formula is C14H23N3O4. The molecule has 0 saturated carbocycles. The van der Waals surface area contributed by atoms with Crippen LogP contribution in [0.1, 0.15) is 19.8 Å². The van der Waals surface area contributed by atoms with Crippen LogP contribution in [0.2, 0.25) is 0 Å². The number of aliphatic carboxylic acids is 1. The topological polar surface area (TPSA) is 90.0 Å². The minimum absolute atomic E-state index is 0.0361. The first kappa shape index (κ1) is 15.6. The van der Waals surface area contributed by atoms with E-state index in [9.17, 15) is 14.4 Å². The Balaban J connectivity index is 1.97. The summed E-state index contributed by atoms with van der Waals surface area (Å²) in [5, 5.41) is 11.8. The first-order valence-corrected chi connectivity index (χ1v) is 7.42. The van der Waals surface area contributed by atoms with Gasteiger partial charge in [0.25, 0.3) is 0 Å². The van der Waals surface area contributed by atoms with Crippen molar-refractivity contribution >= 4 is 17.9 Å². The van der Waals surface area contributed by atoms with E-state index < -0.39 is 11.9 Å². The Morgan fingerprint density at radius 2 is 1.86 bits per heavy atom. The van der Waals surface area contributed by atoms with E-state index in [4.69, 9.17) is 5.11 Å². The molecule has 2 fully saturated rings. The third-order valence-corrected chi connectivity index (χ3v) is 4.51. The maximum atomic E-state index is 12.5. The molecule has 0 aromatic heterocycles. The number of carbonyl (C=O) groups is 3. The Hall–Kier alpha value is -1.79. The predicted molar refractivity (Wildman–Crippen MR) is 75.6 cm³/mol. The van der Waals surface area contributed by atoms with Gasteiger partial charge in [-0.3, -0.25) is 9.59 Å². The highest BCUT2D eigenvalue weighted by atomic mass is 16.4. The van der Waals surface area contributed by atoms with Gasteiger partial charge >= 0.3 is 12.0 Å². The van der Waals surface area contributed by atoms with E-state index in [0.29, 0.717) is 19.6 Å². The molecule has 2 heterocycles. The van der Waals surface area contributed by atoms with Crippen LogP contribution in [-0.2, 0) is 9.59 Å². The lowest BCUT2D eigenvalue weighted by atomic mass is 9.97. The van der Waals surface area contributed by atoms with Crippen LogP contribution < -0.4 is 5.32 Å². The summed E-state index contributed by atoms with van der Waals surface area (Å²) in [5.74, 6) is -1.58. The number of likely N-dealkylation sites (tertiary alicyclic amines) is 2. The van der Waals surface area contributed by atoms with E-state index in [0.717, 1.165) is 12.8 Å². The first-order chi connectivity index (χ1) is 9.93. The number of piperidine rings is 1. The molecule has 3 atom stereocenters. The molecule has 0 aromatic carbocycles. The zero-order valence-electron chi connectivity index (χ0n) is 12.5. The molecule has 21 heavy (non-hydrogen) atoms. The van der Waals surface area contributed by atoms with Crippen LogP contribution in [0.3, 0.4) is 0 Å². The van der Waals surface area contributed by atoms with Gasteiger partial charge < -0.3 is 20.2 Å². The second-order valence-electron chi connectivity index (χ2n) is 6.01. The Labute approximate surface area is 124 Å². The summed E-state index contributed by atoms with van der Waals surface area (Å²) >= 11 is 0. The van der Waals surface area contributed by atoms with Crippen LogP contribution >= 0.6 is 0 Å². The second-order valence-corrected chi connectivity index (χ2v) is 6.01. The van der Waals surface area contributed by atoms with Crippen LogP contribution in [0.15, 0.2) is 0 Å². The van der Waals surface area contributed by atoms with Crippen molar-refractivity contribution in [2.24, 2.45) is 17.8 Å². The normalized spacial score (nSPS) is 29.3. The fourth-order valence-corrected chi connectivity index (χ4v) is 3.21. The zero-order valence-corrected chi connectivity index (χ0v) is 12.5. The van der Waals surface area contributed by atoms with Gasteiger partial charge in [0, 0.05) is 33.2 Å². The van der Waals surface area contributed by atoms with E-state index >= 15 is 0 Å². The summed E-state index contributed by atoms with van der Waals surface area (Å²) in [6.45, 7) is 3.64. The number of urea groups is 1. The van der Waals surface area contributed by atoms with Crippen LogP contribution in [0, 0.1) is 17.8 Å². The average Bonchev–Trinajstić information content (AvgIpc) is 2.88. The van der Waals surface area contributed by atoms with Gasteiger partial charge in [-0.05, 0) is 18.8 Å². The summed E-state index contributed by atoms with van der Waals surface area (Å²) in [6.07, 6.45) is 1.59. The molecule has 0 bridgehead atoms. The van der Waals surface area contributed by atoms with Crippen molar-refractivity contribution in [3.8, 4) is 0 Å². The highest BCUT2D eigenvalue weighted by molar-refractivity contribution is 5.81. The molecule has 2 N–H and O–H groups in total. The molecule has 0 aliphatic carbocycles. The van der Waals surface area contributed by atoms with Crippen molar-refractivity contribution < 1.29 is 19.5 Å². The molecule has 7 nitrogen and oxygen atoms in total. The van der Waals surface area contributed by atoms with Gasteiger partial charge in [-0.2, -0.15) is 0 Å². The number of nitrogens with one attached hydrogen (secondary N) is 1. The molecule has 2 aliphatic rings. The van der Waals surface area contributed by atoms with Crippen LogP contribution in [0.25, 0.3) is 0 Å². The van der Waals surface area contributed by atoms with Crippen LogP contribution in [0.5, 0.6) is 0 Å². The fraction of sp³-hybridized carbons (Fsp3) is 0.786. The average molecular weight is 297 g/mol. The zero-order chi connectivity index (χ0) is 15.6. The Morgan fingerprint density at radius 1 is 1.14 bits per heavy atom. The molecule has 118 valence electrons.